The average Bonchev–Trinajstić information content (AvgIpc) is 3.45. The molecule has 0 radical (unpaired) electrons. The summed E-state index contributed by atoms with van der Waals surface area (Å²) >= 11 is 0. The lowest BCUT2D eigenvalue weighted by Gasteiger charge is -2.19. The highest BCUT2D eigenvalue weighted by Gasteiger charge is 2.22. The largest absolute Gasteiger partial charge is 0.308 e. The number of hydrogen-bond acceptors (Lipinski definition) is 3. The molecule has 49 heavy (non-hydrogen) atoms. The fraction of sp³-hybridized carbons (Fsp3) is 0.0930. The van der Waals surface area contributed by atoms with Crippen molar-refractivity contribution in [1.82, 2.24) is 19.5 Å². The van der Waals surface area contributed by atoms with Gasteiger partial charge in [0.15, 0.2) is 17.5 Å². The van der Waals surface area contributed by atoms with Gasteiger partial charge in [-0.25, -0.2) is 23.7 Å². The number of nitrogens with zero attached hydrogens (tertiary/aromatic N) is 4. The van der Waals surface area contributed by atoms with E-state index in [2.05, 4.69) is 55.7 Å². The second-order valence-electron chi connectivity index (χ2n) is 13.3. The van der Waals surface area contributed by atoms with Crippen molar-refractivity contribution < 1.29 is 8.78 Å². The van der Waals surface area contributed by atoms with Gasteiger partial charge in [0.05, 0.1) is 16.7 Å². The van der Waals surface area contributed by atoms with Crippen LogP contribution in [0.2, 0.25) is 0 Å². The number of hydrogen-bond donors (Lipinski definition) is 0. The Balaban J connectivity index is 1.46. The first-order chi connectivity index (χ1) is 23.7. The van der Waals surface area contributed by atoms with Crippen LogP contribution >= 0.6 is 0 Å². The third kappa shape index (κ3) is 5.65. The predicted molar refractivity (Wildman–Crippen MR) is 195 cm³/mol. The van der Waals surface area contributed by atoms with E-state index in [0.29, 0.717) is 28.6 Å². The second kappa shape index (κ2) is 11.9. The van der Waals surface area contributed by atoms with Crippen molar-refractivity contribution in [1.29, 1.82) is 0 Å². The number of para-hydroxylation sites is 1. The lowest BCUT2D eigenvalue weighted by Crippen LogP contribution is -2.10. The highest BCUT2D eigenvalue weighted by molar-refractivity contribution is 6.10. The standard InChI is InChI=1S/C43H32F2N4/c1-43(2,3)31-19-21-38-36(25-31)34-16-10-11-17-37(34)49(38)39-24-29(30-22-32(44)26-33(45)23-30)18-20-35(39)42-47-40(27-12-6-4-7-13-27)46-41(48-42)28-14-8-5-9-15-28/h4-26H,1-3H3. The molecule has 0 atom stereocenters. The number of rotatable bonds is 5. The number of benzene rings is 6. The Hall–Kier alpha value is -6.01. The van der Waals surface area contributed by atoms with Crippen molar-refractivity contribution >= 4 is 21.8 Å². The van der Waals surface area contributed by atoms with E-state index in [1.54, 1.807) is 0 Å². The molecule has 0 bridgehead atoms. The fourth-order valence-electron chi connectivity index (χ4n) is 6.43. The zero-order chi connectivity index (χ0) is 33.7. The molecular weight excluding hydrogens is 610 g/mol. The molecule has 0 aliphatic rings. The normalized spacial score (nSPS) is 11.8. The molecule has 2 heterocycles. The molecule has 8 aromatic rings. The van der Waals surface area contributed by atoms with Crippen LogP contribution in [0, 0.1) is 11.6 Å². The molecule has 238 valence electrons. The summed E-state index contributed by atoms with van der Waals surface area (Å²) in [5.41, 5.74) is 7.53. The van der Waals surface area contributed by atoms with E-state index in [0.717, 1.165) is 50.2 Å². The number of halogens is 2. The SMILES string of the molecule is CC(C)(C)c1ccc2c(c1)c1ccccc1n2-c1cc(-c2cc(F)cc(F)c2)ccc1-c1nc(-c2ccccc2)nc(-c2ccccc2)n1. The lowest BCUT2D eigenvalue weighted by molar-refractivity contribution is 0.584. The molecule has 6 heteroatoms. The summed E-state index contributed by atoms with van der Waals surface area (Å²) in [4.78, 5) is 15.0. The topological polar surface area (TPSA) is 43.6 Å². The maximum Gasteiger partial charge on any atom is 0.166 e. The van der Waals surface area contributed by atoms with Crippen molar-refractivity contribution in [3.8, 4) is 51.0 Å². The smallest absolute Gasteiger partial charge is 0.166 e. The molecule has 0 aliphatic heterocycles. The highest BCUT2D eigenvalue weighted by Crippen LogP contribution is 2.39. The molecule has 6 aromatic carbocycles. The summed E-state index contributed by atoms with van der Waals surface area (Å²) < 4.78 is 31.3. The molecule has 0 N–H and O–H groups in total. The molecule has 4 nitrogen and oxygen atoms in total. The minimum atomic E-state index is -0.635. The summed E-state index contributed by atoms with van der Waals surface area (Å²) in [5.74, 6) is 0.304. The van der Waals surface area contributed by atoms with Gasteiger partial charge in [-0.15, -0.1) is 0 Å². The van der Waals surface area contributed by atoms with Crippen LogP contribution in [0.25, 0.3) is 72.8 Å². The van der Waals surface area contributed by atoms with Gasteiger partial charge in [-0.2, -0.15) is 0 Å². The van der Waals surface area contributed by atoms with E-state index in [-0.39, 0.29) is 5.41 Å². The monoisotopic (exact) mass is 642 g/mol. The quantitative estimate of drug-likeness (QED) is 0.188. The first kappa shape index (κ1) is 30.3. The predicted octanol–water partition coefficient (Wildman–Crippen LogP) is 11.2. The zero-order valence-corrected chi connectivity index (χ0v) is 27.3. The van der Waals surface area contributed by atoms with Gasteiger partial charge in [0.2, 0.25) is 0 Å². The van der Waals surface area contributed by atoms with Gasteiger partial charge >= 0.3 is 0 Å². The minimum Gasteiger partial charge on any atom is -0.308 e. The lowest BCUT2D eigenvalue weighted by atomic mass is 9.86. The molecule has 0 saturated heterocycles. The van der Waals surface area contributed by atoms with Crippen LogP contribution in [-0.4, -0.2) is 19.5 Å². The molecule has 0 saturated carbocycles. The Kier molecular flexibility index (Phi) is 7.37. The Morgan fingerprint density at radius 2 is 1.04 bits per heavy atom. The maximum atomic E-state index is 14.5. The van der Waals surface area contributed by atoms with Gasteiger partial charge in [-0.1, -0.05) is 112 Å². The minimum absolute atomic E-state index is 0.0452. The van der Waals surface area contributed by atoms with Crippen LogP contribution < -0.4 is 0 Å². The van der Waals surface area contributed by atoms with Crippen molar-refractivity contribution in [2.75, 3.05) is 0 Å². The molecule has 8 rings (SSSR count). The van der Waals surface area contributed by atoms with E-state index in [4.69, 9.17) is 15.0 Å². The summed E-state index contributed by atoms with van der Waals surface area (Å²) in [7, 11) is 0. The number of fused-ring (bicyclic) bond motifs is 3. The third-order valence-corrected chi connectivity index (χ3v) is 8.91. The van der Waals surface area contributed by atoms with Gasteiger partial charge in [-0.05, 0) is 64.6 Å². The molecule has 0 unspecified atom stereocenters. The van der Waals surface area contributed by atoms with E-state index < -0.39 is 11.6 Å². The first-order valence-electron chi connectivity index (χ1n) is 16.2. The second-order valence-corrected chi connectivity index (χ2v) is 13.3. The van der Waals surface area contributed by atoms with Crippen molar-refractivity contribution in [2.45, 2.75) is 26.2 Å². The van der Waals surface area contributed by atoms with E-state index in [1.807, 2.05) is 91.0 Å². The van der Waals surface area contributed by atoms with Gasteiger partial charge < -0.3 is 4.57 Å². The van der Waals surface area contributed by atoms with Crippen LogP contribution in [0.3, 0.4) is 0 Å². The van der Waals surface area contributed by atoms with E-state index >= 15 is 0 Å². The summed E-state index contributed by atoms with van der Waals surface area (Å²) in [5, 5.41) is 2.21. The van der Waals surface area contributed by atoms with Gasteiger partial charge in [-0.3, -0.25) is 0 Å². The fourth-order valence-corrected chi connectivity index (χ4v) is 6.43. The molecule has 0 spiro atoms. The Morgan fingerprint density at radius 3 is 1.67 bits per heavy atom. The molecular formula is C43H32F2N4. The zero-order valence-electron chi connectivity index (χ0n) is 27.3. The Morgan fingerprint density at radius 1 is 0.469 bits per heavy atom. The van der Waals surface area contributed by atoms with Crippen LogP contribution in [0.1, 0.15) is 26.3 Å². The third-order valence-electron chi connectivity index (χ3n) is 8.91. The van der Waals surface area contributed by atoms with Crippen LogP contribution in [0.5, 0.6) is 0 Å². The van der Waals surface area contributed by atoms with E-state index in [1.165, 1.54) is 17.7 Å². The molecule has 0 amide bonds. The van der Waals surface area contributed by atoms with Crippen LogP contribution in [0.4, 0.5) is 8.78 Å². The molecule has 2 aromatic heterocycles. The summed E-state index contributed by atoms with van der Waals surface area (Å²) in [6.45, 7) is 6.63. The number of aromatic nitrogens is 4. The summed E-state index contributed by atoms with van der Waals surface area (Å²) in [6, 6.07) is 44.0. The Bertz CT molecular complexity index is 2420. The molecule has 0 fully saturated rings. The maximum absolute atomic E-state index is 14.5. The first-order valence-corrected chi connectivity index (χ1v) is 16.2. The van der Waals surface area contributed by atoms with Gasteiger partial charge in [0.25, 0.3) is 0 Å². The highest BCUT2D eigenvalue weighted by atomic mass is 19.1. The average molecular weight is 643 g/mol. The van der Waals surface area contributed by atoms with Crippen LogP contribution in [0.15, 0.2) is 140 Å². The van der Waals surface area contributed by atoms with Crippen molar-refractivity contribution in [2.24, 2.45) is 0 Å². The van der Waals surface area contributed by atoms with Crippen LogP contribution in [-0.2, 0) is 5.41 Å². The van der Waals surface area contributed by atoms with Gasteiger partial charge in [0, 0.05) is 33.5 Å². The summed E-state index contributed by atoms with van der Waals surface area (Å²) in [6.07, 6.45) is 0. The van der Waals surface area contributed by atoms with Crippen molar-refractivity contribution in [3.63, 3.8) is 0 Å². The van der Waals surface area contributed by atoms with Gasteiger partial charge in [0.1, 0.15) is 11.6 Å². The van der Waals surface area contributed by atoms with Crippen molar-refractivity contribution in [3.05, 3.63) is 157 Å². The molecule has 0 aliphatic carbocycles. The van der Waals surface area contributed by atoms with E-state index in [9.17, 15) is 8.78 Å². The Labute approximate surface area is 283 Å².